The molecule has 1 aliphatic heterocycles. The van der Waals surface area contributed by atoms with Crippen LogP contribution in [-0.4, -0.2) is 56.9 Å². The molecule has 4 heterocycles. The summed E-state index contributed by atoms with van der Waals surface area (Å²) in [5.41, 5.74) is 1.44. The molecule has 1 aliphatic carbocycles. The molecule has 0 unspecified atom stereocenters. The van der Waals surface area contributed by atoms with Crippen molar-refractivity contribution in [1.82, 2.24) is 24.8 Å². The Labute approximate surface area is 218 Å². The summed E-state index contributed by atoms with van der Waals surface area (Å²) in [4.78, 5) is 33.2. The predicted octanol–water partition coefficient (Wildman–Crippen LogP) is 4.59. The van der Waals surface area contributed by atoms with Gasteiger partial charge in [-0.15, -0.1) is 12.4 Å². The SMILES string of the molecule is Cl.O=C(C1CC1)N1CCN(c2ccc(Nc3ncc(F)c(-c4cc(F)c5ncccc5c4)n3)nc2)CC1. The molecule has 6 rings (SSSR count). The number of aromatic nitrogens is 4. The van der Waals surface area contributed by atoms with Crippen LogP contribution >= 0.6 is 12.4 Å². The maximum absolute atomic E-state index is 14.6. The fourth-order valence-corrected chi connectivity index (χ4v) is 4.45. The van der Waals surface area contributed by atoms with E-state index in [0.717, 1.165) is 37.8 Å². The zero-order valence-corrected chi connectivity index (χ0v) is 20.6. The van der Waals surface area contributed by atoms with Gasteiger partial charge in [-0.2, -0.15) is 0 Å². The third kappa shape index (κ3) is 5.15. The van der Waals surface area contributed by atoms with Crippen molar-refractivity contribution < 1.29 is 13.6 Å². The third-order valence-corrected chi connectivity index (χ3v) is 6.55. The second-order valence-corrected chi connectivity index (χ2v) is 9.04. The van der Waals surface area contributed by atoms with E-state index in [1.54, 1.807) is 30.5 Å². The van der Waals surface area contributed by atoms with Gasteiger partial charge in [0, 0.05) is 49.2 Å². The van der Waals surface area contributed by atoms with Crippen molar-refractivity contribution >= 4 is 46.7 Å². The lowest BCUT2D eigenvalue weighted by Gasteiger charge is -2.36. The standard InChI is InChI=1S/C26H23F2N7O.ClH/c27-20-13-18(12-17-2-1-7-29-23(17)20)24-21(28)15-31-26(33-24)32-22-6-5-19(14-30-22)34-8-10-35(11-9-34)25(36)16-3-4-16;/h1-2,5-7,12-16H,3-4,8-11H2,(H,30,31,32,33);1H. The summed E-state index contributed by atoms with van der Waals surface area (Å²) in [6.07, 6.45) is 6.34. The molecule has 1 aromatic carbocycles. The normalized spacial score (nSPS) is 15.4. The second kappa shape index (κ2) is 10.2. The highest BCUT2D eigenvalue weighted by atomic mass is 35.5. The molecule has 0 radical (unpaired) electrons. The number of benzene rings is 1. The number of pyridine rings is 2. The van der Waals surface area contributed by atoms with E-state index in [9.17, 15) is 13.6 Å². The Balaban J connectivity index is 0.00000280. The first kappa shape index (κ1) is 24.8. The number of carbonyl (C=O) groups excluding carboxylic acids is 1. The van der Waals surface area contributed by atoms with E-state index >= 15 is 0 Å². The molecule has 4 aromatic rings. The molecule has 0 spiro atoms. The molecule has 1 saturated carbocycles. The van der Waals surface area contributed by atoms with E-state index in [2.05, 4.69) is 30.2 Å². The number of amides is 1. The van der Waals surface area contributed by atoms with Gasteiger partial charge in [-0.3, -0.25) is 9.78 Å². The van der Waals surface area contributed by atoms with Crippen LogP contribution in [0.3, 0.4) is 0 Å². The molecular formula is C26H24ClF2N7O. The molecule has 190 valence electrons. The number of fused-ring (bicyclic) bond motifs is 1. The van der Waals surface area contributed by atoms with E-state index in [-0.39, 0.29) is 41.4 Å². The lowest BCUT2D eigenvalue weighted by molar-refractivity contribution is -0.132. The van der Waals surface area contributed by atoms with Gasteiger partial charge in [0.2, 0.25) is 11.9 Å². The van der Waals surface area contributed by atoms with Gasteiger partial charge >= 0.3 is 0 Å². The van der Waals surface area contributed by atoms with E-state index in [0.29, 0.717) is 29.9 Å². The van der Waals surface area contributed by atoms with E-state index in [4.69, 9.17) is 0 Å². The maximum Gasteiger partial charge on any atom is 0.229 e. The minimum absolute atomic E-state index is 0. The molecule has 1 saturated heterocycles. The van der Waals surface area contributed by atoms with Crippen LogP contribution in [0.1, 0.15) is 12.8 Å². The Morgan fingerprint density at radius 1 is 0.946 bits per heavy atom. The molecule has 11 heteroatoms. The van der Waals surface area contributed by atoms with Crippen molar-refractivity contribution in [3.8, 4) is 11.3 Å². The first-order valence-corrected chi connectivity index (χ1v) is 11.9. The summed E-state index contributed by atoms with van der Waals surface area (Å²) in [6, 6.07) is 10.00. The van der Waals surface area contributed by atoms with Crippen LogP contribution in [0.15, 0.2) is 55.0 Å². The van der Waals surface area contributed by atoms with Gasteiger partial charge in [-0.1, -0.05) is 6.07 Å². The molecule has 3 aromatic heterocycles. The van der Waals surface area contributed by atoms with Gasteiger partial charge < -0.3 is 15.1 Å². The van der Waals surface area contributed by atoms with Gasteiger partial charge in [0.1, 0.15) is 22.8 Å². The lowest BCUT2D eigenvalue weighted by atomic mass is 10.1. The zero-order valence-electron chi connectivity index (χ0n) is 19.8. The zero-order chi connectivity index (χ0) is 24.6. The van der Waals surface area contributed by atoms with Crippen LogP contribution < -0.4 is 10.2 Å². The fraction of sp³-hybridized carbons (Fsp3) is 0.269. The monoisotopic (exact) mass is 523 g/mol. The number of nitrogens with zero attached hydrogens (tertiary/aromatic N) is 6. The second-order valence-electron chi connectivity index (χ2n) is 9.04. The van der Waals surface area contributed by atoms with Crippen molar-refractivity contribution in [2.45, 2.75) is 12.8 Å². The number of hydrogen-bond acceptors (Lipinski definition) is 7. The predicted molar refractivity (Wildman–Crippen MR) is 139 cm³/mol. The Bertz CT molecular complexity index is 1440. The molecule has 0 bridgehead atoms. The average molecular weight is 524 g/mol. The van der Waals surface area contributed by atoms with Crippen molar-refractivity contribution in [2.75, 3.05) is 36.4 Å². The number of piperazine rings is 1. The Morgan fingerprint density at radius 3 is 2.49 bits per heavy atom. The maximum atomic E-state index is 14.6. The quantitative estimate of drug-likeness (QED) is 0.409. The fourth-order valence-electron chi connectivity index (χ4n) is 4.45. The van der Waals surface area contributed by atoms with E-state index < -0.39 is 11.6 Å². The van der Waals surface area contributed by atoms with E-state index in [1.165, 1.54) is 12.3 Å². The summed E-state index contributed by atoms with van der Waals surface area (Å²) in [7, 11) is 0. The van der Waals surface area contributed by atoms with Crippen molar-refractivity contribution in [3.05, 3.63) is 66.6 Å². The molecular weight excluding hydrogens is 500 g/mol. The molecule has 0 atom stereocenters. The lowest BCUT2D eigenvalue weighted by Crippen LogP contribution is -2.49. The van der Waals surface area contributed by atoms with Gasteiger partial charge in [0.05, 0.1) is 18.1 Å². The third-order valence-electron chi connectivity index (χ3n) is 6.55. The first-order valence-electron chi connectivity index (χ1n) is 11.9. The summed E-state index contributed by atoms with van der Waals surface area (Å²) < 4.78 is 29.1. The summed E-state index contributed by atoms with van der Waals surface area (Å²) in [5, 5.41) is 3.54. The molecule has 1 N–H and O–H groups in total. The first-order chi connectivity index (χ1) is 17.5. The Morgan fingerprint density at radius 2 is 1.76 bits per heavy atom. The minimum Gasteiger partial charge on any atom is -0.367 e. The van der Waals surface area contributed by atoms with Crippen LogP contribution in [0.4, 0.5) is 26.2 Å². The molecule has 1 amide bonds. The Hall–Kier alpha value is -3.92. The highest BCUT2D eigenvalue weighted by Gasteiger charge is 2.34. The number of hydrogen-bond donors (Lipinski definition) is 1. The highest BCUT2D eigenvalue weighted by molar-refractivity contribution is 5.85. The minimum atomic E-state index is -0.661. The molecule has 2 fully saturated rings. The van der Waals surface area contributed by atoms with Gasteiger partial charge in [0.15, 0.2) is 5.82 Å². The van der Waals surface area contributed by atoms with Crippen LogP contribution in [0.25, 0.3) is 22.2 Å². The van der Waals surface area contributed by atoms with Crippen LogP contribution in [-0.2, 0) is 4.79 Å². The van der Waals surface area contributed by atoms with Crippen LogP contribution in [0, 0.1) is 17.6 Å². The number of nitrogens with one attached hydrogen (secondary N) is 1. The summed E-state index contributed by atoms with van der Waals surface area (Å²) in [5.74, 6) is -0.0427. The number of rotatable bonds is 5. The van der Waals surface area contributed by atoms with Crippen LogP contribution in [0.2, 0.25) is 0 Å². The van der Waals surface area contributed by atoms with Crippen molar-refractivity contribution in [2.24, 2.45) is 5.92 Å². The highest BCUT2D eigenvalue weighted by Crippen LogP contribution is 2.32. The largest absolute Gasteiger partial charge is 0.367 e. The average Bonchev–Trinajstić information content (AvgIpc) is 3.76. The molecule has 37 heavy (non-hydrogen) atoms. The number of halogens is 3. The molecule has 8 nitrogen and oxygen atoms in total. The molecule has 2 aliphatic rings. The summed E-state index contributed by atoms with van der Waals surface area (Å²) >= 11 is 0. The van der Waals surface area contributed by atoms with Crippen molar-refractivity contribution in [3.63, 3.8) is 0 Å². The smallest absolute Gasteiger partial charge is 0.229 e. The number of carbonyl (C=O) groups is 1. The van der Waals surface area contributed by atoms with Gasteiger partial charge in [0.25, 0.3) is 0 Å². The van der Waals surface area contributed by atoms with Gasteiger partial charge in [-0.25, -0.2) is 23.7 Å². The topological polar surface area (TPSA) is 87.1 Å². The van der Waals surface area contributed by atoms with Gasteiger partial charge in [-0.05, 0) is 43.2 Å². The Kier molecular flexibility index (Phi) is 6.84. The van der Waals surface area contributed by atoms with Crippen molar-refractivity contribution in [1.29, 1.82) is 0 Å². The van der Waals surface area contributed by atoms with Crippen LogP contribution in [0.5, 0.6) is 0 Å². The summed E-state index contributed by atoms with van der Waals surface area (Å²) in [6.45, 7) is 2.95. The van der Waals surface area contributed by atoms with E-state index in [1.807, 2.05) is 11.0 Å². The number of anilines is 3.